The minimum atomic E-state index is -3.73. The van der Waals surface area contributed by atoms with Gasteiger partial charge in [0, 0.05) is 6.54 Å². The van der Waals surface area contributed by atoms with E-state index in [1.165, 1.54) is 4.31 Å². The normalized spacial score (nSPS) is 13.0. The summed E-state index contributed by atoms with van der Waals surface area (Å²) < 4.78 is 27.2. The molecule has 0 aliphatic rings. The molecule has 1 N–H and O–H groups in total. The van der Waals surface area contributed by atoms with E-state index in [4.69, 9.17) is 0 Å². The number of aliphatic hydroxyl groups is 1. The summed E-state index contributed by atoms with van der Waals surface area (Å²) in [6.07, 6.45) is -0.788. The van der Waals surface area contributed by atoms with Crippen LogP contribution in [-0.4, -0.2) is 51.7 Å². The third kappa shape index (κ3) is 4.54. The number of hydrogen-bond acceptors (Lipinski definition) is 4. The lowest BCUT2D eigenvalue weighted by Crippen LogP contribution is -2.41. The summed E-state index contributed by atoms with van der Waals surface area (Å²) in [5, 5.41) is 10.2. The van der Waals surface area contributed by atoms with Gasteiger partial charge in [-0.1, -0.05) is 36.4 Å². The van der Waals surface area contributed by atoms with Crippen molar-refractivity contribution in [2.24, 2.45) is 0 Å². The molecule has 0 aliphatic heterocycles. The molecule has 0 radical (unpaired) electrons. The first kappa shape index (κ1) is 17.5. The van der Waals surface area contributed by atoms with Gasteiger partial charge in [-0.25, -0.2) is 8.42 Å². The van der Waals surface area contributed by atoms with Crippen LogP contribution in [0.1, 0.15) is 0 Å². The third-order valence-corrected chi connectivity index (χ3v) is 5.14. The topological polar surface area (TPSA) is 60.9 Å². The number of rotatable bonds is 7. The molecular formula is C17H22N2O3S. The molecule has 23 heavy (non-hydrogen) atoms. The van der Waals surface area contributed by atoms with Gasteiger partial charge in [0.2, 0.25) is 0 Å². The van der Waals surface area contributed by atoms with Crippen LogP contribution >= 0.6 is 0 Å². The highest BCUT2D eigenvalue weighted by Gasteiger charge is 2.27. The molecule has 0 heterocycles. The van der Waals surface area contributed by atoms with Crippen LogP contribution in [0.4, 0.5) is 5.69 Å². The van der Waals surface area contributed by atoms with Gasteiger partial charge in [0.05, 0.1) is 23.2 Å². The molecule has 0 aliphatic carbocycles. The molecule has 2 aromatic carbocycles. The van der Waals surface area contributed by atoms with E-state index in [1.807, 2.05) is 25.1 Å². The van der Waals surface area contributed by atoms with Crippen molar-refractivity contribution in [3.8, 4) is 0 Å². The van der Waals surface area contributed by atoms with E-state index in [-0.39, 0.29) is 11.4 Å². The average Bonchev–Trinajstić information content (AvgIpc) is 2.53. The van der Waals surface area contributed by atoms with Crippen LogP contribution in [0, 0.1) is 0 Å². The molecule has 5 nitrogen and oxygen atoms in total. The molecular weight excluding hydrogens is 312 g/mol. The van der Waals surface area contributed by atoms with Crippen LogP contribution in [-0.2, 0) is 10.0 Å². The minimum absolute atomic E-state index is 0.000574. The molecule has 0 unspecified atom stereocenters. The van der Waals surface area contributed by atoms with Crippen molar-refractivity contribution in [3.63, 3.8) is 0 Å². The van der Waals surface area contributed by atoms with E-state index < -0.39 is 16.1 Å². The standard InChI is InChI=1S/C17H22N2O3S/c1-18(2)13-16(20)14-19(15-9-5-3-6-10-15)23(21,22)17-11-7-4-8-12-17/h3-12,16,20H,13-14H2,1-2H3/t16-/m0/s1. The zero-order chi connectivity index (χ0) is 16.9. The van der Waals surface area contributed by atoms with Crippen LogP contribution in [0.15, 0.2) is 65.6 Å². The van der Waals surface area contributed by atoms with E-state index in [9.17, 15) is 13.5 Å². The molecule has 124 valence electrons. The lowest BCUT2D eigenvalue weighted by atomic mass is 10.3. The van der Waals surface area contributed by atoms with Gasteiger partial charge in [0.1, 0.15) is 0 Å². The van der Waals surface area contributed by atoms with Crippen molar-refractivity contribution < 1.29 is 13.5 Å². The monoisotopic (exact) mass is 334 g/mol. The van der Waals surface area contributed by atoms with Crippen molar-refractivity contribution >= 4 is 15.7 Å². The van der Waals surface area contributed by atoms with Gasteiger partial charge < -0.3 is 10.0 Å². The Morgan fingerprint density at radius 2 is 1.43 bits per heavy atom. The van der Waals surface area contributed by atoms with Crippen LogP contribution < -0.4 is 4.31 Å². The quantitative estimate of drug-likeness (QED) is 0.839. The summed E-state index contributed by atoms with van der Waals surface area (Å²) >= 11 is 0. The zero-order valence-corrected chi connectivity index (χ0v) is 14.1. The summed E-state index contributed by atoms with van der Waals surface area (Å²) in [4.78, 5) is 2.03. The molecule has 0 saturated heterocycles. The van der Waals surface area contributed by atoms with Gasteiger partial charge >= 0.3 is 0 Å². The van der Waals surface area contributed by atoms with E-state index in [0.29, 0.717) is 12.2 Å². The second kappa shape index (κ2) is 7.59. The summed E-state index contributed by atoms with van der Waals surface area (Å²) in [6, 6.07) is 17.1. The average molecular weight is 334 g/mol. The van der Waals surface area contributed by atoms with Gasteiger partial charge in [-0.2, -0.15) is 0 Å². The van der Waals surface area contributed by atoms with E-state index in [0.717, 1.165) is 0 Å². The largest absolute Gasteiger partial charge is 0.390 e. The van der Waals surface area contributed by atoms with Crippen LogP contribution in [0.2, 0.25) is 0 Å². The Bertz CT molecular complexity index is 703. The molecule has 0 bridgehead atoms. The second-order valence-electron chi connectivity index (χ2n) is 5.60. The number of benzene rings is 2. The molecule has 0 saturated carbocycles. The fourth-order valence-corrected chi connectivity index (χ4v) is 3.85. The van der Waals surface area contributed by atoms with Crippen LogP contribution in [0.3, 0.4) is 0 Å². The van der Waals surface area contributed by atoms with Gasteiger partial charge in [0.25, 0.3) is 10.0 Å². The summed E-state index contributed by atoms with van der Waals surface area (Å²) in [7, 11) is -0.0600. The summed E-state index contributed by atoms with van der Waals surface area (Å²) in [5.74, 6) is 0. The van der Waals surface area contributed by atoms with E-state index in [1.54, 1.807) is 54.6 Å². The molecule has 2 rings (SSSR count). The fraction of sp³-hybridized carbons (Fsp3) is 0.294. The number of aliphatic hydroxyl groups excluding tert-OH is 1. The number of para-hydroxylation sites is 1. The Balaban J connectivity index is 2.38. The van der Waals surface area contributed by atoms with Gasteiger partial charge in [-0.3, -0.25) is 4.31 Å². The predicted molar refractivity (Wildman–Crippen MR) is 92.0 cm³/mol. The molecule has 6 heteroatoms. The SMILES string of the molecule is CN(C)C[C@H](O)CN(c1ccccc1)S(=O)(=O)c1ccccc1. The second-order valence-corrected chi connectivity index (χ2v) is 7.46. The van der Waals surface area contributed by atoms with E-state index >= 15 is 0 Å². The number of nitrogens with zero attached hydrogens (tertiary/aromatic N) is 2. The first-order chi connectivity index (χ1) is 10.9. The molecule has 0 spiro atoms. The lowest BCUT2D eigenvalue weighted by Gasteiger charge is -2.28. The molecule has 0 amide bonds. The van der Waals surface area contributed by atoms with Crippen molar-refractivity contribution in [3.05, 3.63) is 60.7 Å². The summed E-state index contributed by atoms with van der Waals surface area (Å²) in [5.41, 5.74) is 0.536. The Hall–Kier alpha value is -1.89. The molecule has 0 aromatic heterocycles. The first-order valence-electron chi connectivity index (χ1n) is 7.37. The van der Waals surface area contributed by atoms with Gasteiger partial charge in [0.15, 0.2) is 0 Å². The number of sulfonamides is 1. The zero-order valence-electron chi connectivity index (χ0n) is 13.3. The van der Waals surface area contributed by atoms with Gasteiger partial charge in [-0.05, 0) is 38.4 Å². The third-order valence-electron chi connectivity index (χ3n) is 3.33. The van der Waals surface area contributed by atoms with Crippen molar-refractivity contribution in [1.82, 2.24) is 4.90 Å². The highest BCUT2D eigenvalue weighted by atomic mass is 32.2. The maximum Gasteiger partial charge on any atom is 0.264 e. The molecule has 0 fully saturated rings. The van der Waals surface area contributed by atoms with E-state index in [2.05, 4.69) is 0 Å². The lowest BCUT2D eigenvalue weighted by molar-refractivity contribution is 0.145. The highest BCUT2D eigenvalue weighted by Crippen LogP contribution is 2.23. The number of anilines is 1. The molecule has 1 atom stereocenters. The Kier molecular flexibility index (Phi) is 5.76. The fourth-order valence-electron chi connectivity index (χ4n) is 2.33. The van der Waals surface area contributed by atoms with Crippen molar-refractivity contribution in [2.45, 2.75) is 11.0 Å². The van der Waals surface area contributed by atoms with Crippen LogP contribution in [0.25, 0.3) is 0 Å². The highest BCUT2D eigenvalue weighted by molar-refractivity contribution is 7.92. The maximum atomic E-state index is 13.0. The van der Waals surface area contributed by atoms with Crippen LogP contribution in [0.5, 0.6) is 0 Å². The van der Waals surface area contributed by atoms with Crippen molar-refractivity contribution in [2.75, 3.05) is 31.5 Å². The Morgan fingerprint density at radius 3 is 1.96 bits per heavy atom. The molecule has 2 aromatic rings. The minimum Gasteiger partial charge on any atom is -0.390 e. The summed E-state index contributed by atoms with van der Waals surface area (Å²) in [6.45, 7) is 0.382. The Morgan fingerprint density at radius 1 is 0.913 bits per heavy atom. The maximum absolute atomic E-state index is 13.0. The smallest absolute Gasteiger partial charge is 0.264 e. The number of hydrogen-bond donors (Lipinski definition) is 1. The predicted octanol–water partition coefficient (Wildman–Crippen LogP) is 1.80. The number of likely N-dealkylation sites (N-methyl/N-ethyl adjacent to an activating group) is 1. The van der Waals surface area contributed by atoms with Gasteiger partial charge in [-0.15, -0.1) is 0 Å². The van der Waals surface area contributed by atoms with Crippen molar-refractivity contribution in [1.29, 1.82) is 0 Å². The Labute approximate surface area is 137 Å². The first-order valence-corrected chi connectivity index (χ1v) is 8.81.